The topological polar surface area (TPSA) is 94.3 Å². The molecule has 3 N–H and O–H groups in total. The number of amides is 2. The third-order valence-corrected chi connectivity index (χ3v) is 6.05. The number of aryl methyl sites for hydroxylation is 2. The van der Waals surface area contributed by atoms with Crippen LogP contribution < -0.4 is 15.8 Å². The van der Waals surface area contributed by atoms with Gasteiger partial charge in [0.25, 0.3) is 5.91 Å². The summed E-state index contributed by atoms with van der Waals surface area (Å²) in [5.41, 5.74) is 8.54. The molecular weight excluding hydrogens is 370 g/mol. The number of carbonyl (C=O) groups is 2. The fraction of sp³-hybridized carbons (Fsp3) is 0.278. The quantitative estimate of drug-likeness (QED) is 0.677. The SMILES string of the molecule is Cc1ncsc1COc1ccc2sc(C)c(C(=O)NC(C)C(N)=O)c2c1. The molecule has 6 nitrogen and oxygen atoms in total. The fourth-order valence-electron chi connectivity index (χ4n) is 2.52. The second-order valence-electron chi connectivity index (χ2n) is 5.94. The van der Waals surface area contributed by atoms with Crippen LogP contribution in [0.5, 0.6) is 5.75 Å². The number of ether oxygens (including phenoxy) is 1. The Morgan fingerprint density at radius 3 is 2.77 bits per heavy atom. The predicted molar refractivity (Wildman–Crippen MR) is 104 cm³/mol. The Morgan fingerprint density at radius 1 is 1.35 bits per heavy atom. The van der Waals surface area contributed by atoms with Crippen LogP contribution in [0.4, 0.5) is 0 Å². The number of thiazole rings is 1. The summed E-state index contributed by atoms with van der Waals surface area (Å²) in [5, 5.41) is 3.45. The van der Waals surface area contributed by atoms with E-state index >= 15 is 0 Å². The molecule has 0 saturated heterocycles. The standard InChI is InChI=1S/C18H19N3O3S2/c1-9-15(25-8-20-9)7-24-12-4-5-14-13(6-12)16(11(3)26-14)18(23)21-10(2)17(19)22/h4-6,8,10H,7H2,1-3H3,(H2,19,22)(H,21,23). The van der Waals surface area contributed by atoms with Crippen molar-refractivity contribution in [2.45, 2.75) is 33.4 Å². The van der Waals surface area contributed by atoms with Crippen LogP contribution in [0.25, 0.3) is 10.1 Å². The van der Waals surface area contributed by atoms with E-state index in [1.165, 1.54) is 11.3 Å². The van der Waals surface area contributed by atoms with E-state index < -0.39 is 11.9 Å². The van der Waals surface area contributed by atoms with Crippen molar-refractivity contribution in [2.75, 3.05) is 0 Å². The predicted octanol–water partition coefficient (Wildman–Crippen LogP) is 3.16. The summed E-state index contributed by atoms with van der Waals surface area (Å²) in [6, 6.07) is 4.96. The van der Waals surface area contributed by atoms with E-state index in [2.05, 4.69) is 10.3 Å². The van der Waals surface area contributed by atoms with Crippen molar-refractivity contribution in [3.05, 3.63) is 44.7 Å². The van der Waals surface area contributed by atoms with E-state index in [4.69, 9.17) is 10.5 Å². The third kappa shape index (κ3) is 3.71. The maximum absolute atomic E-state index is 12.6. The average molecular weight is 390 g/mol. The van der Waals surface area contributed by atoms with E-state index in [9.17, 15) is 9.59 Å². The highest BCUT2D eigenvalue weighted by Gasteiger charge is 2.20. The molecule has 0 radical (unpaired) electrons. The first-order chi connectivity index (χ1) is 12.4. The number of carbonyl (C=O) groups excluding carboxylic acids is 2. The van der Waals surface area contributed by atoms with E-state index in [0.717, 1.165) is 25.5 Å². The van der Waals surface area contributed by atoms with E-state index in [0.29, 0.717) is 17.9 Å². The number of thiophene rings is 1. The van der Waals surface area contributed by atoms with Gasteiger partial charge >= 0.3 is 0 Å². The fourth-order valence-corrected chi connectivity index (χ4v) is 4.25. The second-order valence-corrected chi connectivity index (χ2v) is 8.13. The Labute approximate surface area is 159 Å². The largest absolute Gasteiger partial charge is 0.488 e. The highest BCUT2D eigenvalue weighted by atomic mass is 32.1. The first-order valence-electron chi connectivity index (χ1n) is 8.02. The molecule has 1 aromatic carbocycles. The normalized spacial score (nSPS) is 12.1. The number of nitrogens with one attached hydrogen (secondary N) is 1. The Bertz CT molecular complexity index is 977. The summed E-state index contributed by atoms with van der Waals surface area (Å²) in [5.74, 6) is -0.199. The number of benzene rings is 1. The zero-order chi connectivity index (χ0) is 18.8. The second kappa shape index (κ2) is 7.43. The average Bonchev–Trinajstić information content (AvgIpc) is 3.14. The molecule has 26 heavy (non-hydrogen) atoms. The maximum atomic E-state index is 12.6. The molecule has 3 aromatic rings. The number of primary amides is 1. The van der Waals surface area contributed by atoms with Crippen LogP contribution in [-0.2, 0) is 11.4 Å². The minimum atomic E-state index is -0.731. The van der Waals surface area contributed by atoms with Gasteiger partial charge in [-0.05, 0) is 39.0 Å². The maximum Gasteiger partial charge on any atom is 0.253 e. The van der Waals surface area contributed by atoms with Crippen LogP contribution in [0.3, 0.4) is 0 Å². The van der Waals surface area contributed by atoms with Crippen LogP contribution in [-0.4, -0.2) is 22.8 Å². The lowest BCUT2D eigenvalue weighted by atomic mass is 10.1. The molecule has 2 amide bonds. The summed E-state index contributed by atoms with van der Waals surface area (Å²) >= 11 is 3.08. The molecule has 0 aliphatic rings. The van der Waals surface area contributed by atoms with E-state index in [1.807, 2.05) is 32.0 Å². The molecule has 2 heterocycles. The van der Waals surface area contributed by atoms with Gasteiger partial charge in [0.05, 0.1) is 21.6 Å². The van der Waals surface area contributed by atoms with Gasteiger partial charge in [-0.1, -0.05) is 0 Å². The van der Waals surface area contributed by atoms with Gasteiger partial charge < -0.3 is 15.8 Å². The van der Waals surface area contributed by atoms with Gasteiger partial charge in [0.1, 0.15) is 18.4 Å². The molecule has 0 aliphatic carbocycles. The molecule has 1 atom stereocenters. The van der Waals surface area contributed by atoms with Gasteiger partial charge in [0, 0.05) is 15.0 Å². The summed E-state index contributed by atoms with van der Waals surface area (Å²) < 4.78 is 6.86. The van der Waals surface area contributed by atoms with Crippen LogP contribution in [0, 0.1) is 13.8 Å². The number of nitrogens with two attached hydrogens (primary N) is 1. The molecule has 0 fully saturated rings. The number of aromatic nitrogens is 1. The lowest BCUT2D eigenvalue weighted by Crippen LogP contribution is -2.42. The summed E-state index contributed by atoms with van der Waals surface area (Å²) in [4.78, 5) is 30.0. The number of nitrogens with zero attached hydrogens (tertiary/aromatic N) is 1. The number of hydrogen-bond donors (Lipinski definition) is 2. The van der Waals surface area contributed by atoms with Crippen molar-refractivity contribution in [3.8, 4) is 5.75 Å². The summed E-state index contributed by atoms with van der Waals surface area (Å²) in [7, 11) is 0. The van der Waals surface area contributed by atoms with Gasteiger partial charge in [-0.2, -0.15) is 0 Å². The lowest BCUT2D eigenvalue weighted by molar-refractivity contribution is -0.119. The molecule has 2 aromatic heterocycles. The van der Waals surface area contributed by atoms with Gasteiger partial charge in [-0.3, -0.25) is 9.59 Å². The first kappa shape index (κ1) is 18.3. The van der Waals surface area contributed by atoms with Crippen LogP contribution in [0.15, 0.2) is 23.7 Å². The Morgan fingerprint density at radius 2 is 2.12 bits per heavy atom. The molecule has 0 aliphatic heterocycles. The summed E-state index contributed by atoms with van der Waals surface area (Å²) in [6.07, 6.45) is 0. The molecule has 0 bridgehead atoms. The van der Waals surface area contributed by atoms with Crippen molar-refractivity contribution < 1.29 is 14.3 Å². The molecule has 1 unspecified atom stereocenters. The van der Waals surface area contributed by atoms with Crippen LogP contribution >= 0.6 is 22.7 Å². The van der Waals surface area contributed by atoms with Crippen LogP contribution in [0.1, 0.15) is 32.7 Å². The first-order valence-corrected chi connectivity index (χ1v) is 9.71. The van der Waals surface area contributed by atoms with Gasteiger partial charge in [0.15, 0.2) is 0 Å². The van der Waals surface area contributed by atoms with Gasteiger partial charge in [-0.25, -0.2) is 4.98 Å². The minimum absolute atomic E-state index is 0.310. The Hall–Kier alpha value is -2.45. The Kier molecular flexibility index (Phi) is 5.24. The highest BCUT2D eigenvalue weighted by Crippen LogP contribution is 2.34. The van der Waals surface area contributed by atoms with Gasteiger partial charge in [-0.15, -0.1) is 22.7 Å². The van der Waals surface area contributed by atoms with Crippen molar-refractivity contribution >= 4 is 44.6 Å². The van der Waals surface area contributed by atoms with Crippen molar-refractivity contribution in [1.29, 1.82) is 0 Å². The smallest absolute Gasteiger partial charge is 0.253 e. The molecule has 136 valence electrons. The monoisotopic (exact) mass is 389 g/mol. The van der Waals surface area contributed by atoms with Crippen molar-refractivity contribution in [2.24, 2.45) is 5.73 Å². The van der Waals surface area contributed by atoms with Crippen molar-refractivity contribution in [3.63, 3.8) is 0 Å². The van der Waals surface area contributed by atoms with E-state index in [1.54, 1.807) is 23.8 Å². The van der Waals surface area contributed by atoms with Gasteiger partial charge in [0.2, 0.25) is 5.91 Å². The summed E-state index contributed by atoms with van der Waals surface area (Å²) in [6.45, 7) is 5.83. The van der Waals surface area contributed by atoms with Crippen LogP contribution in [0.2, 0.25) is 0 Å². The molecule has 8 heteroatoms. The number of hydrogen-bond acceptors (Lipinski definition) is 6. The molecule has 3 rings (SSSR count). The minimum Gasteiger partial charge on any atom is -0.488 e. The third-order valence-electron chi connectivity index (χ3n) is 4.05. The molecule has 0 saturated carbocycles. The van der Waals surface area contributed by atoms with E-state index in [-0.39, 0.29) is 5.91 Å². The Balaban J connectivity index is 1.87. The number of rotatable bonds is 6. The molecule has 0 spiro atoms. The van der Waals surface area contributed by atoms with Crippen molar-refractivity contribution in [1.82, 2.24) is 10.3 Å². The highest BCUT2D eigenvalue weighted by molar-refractivity contribution is 7.19. The lowest BCUT2D eigenvalue weighted by Gasteiger charge is -2.11. The zero-order valence-electron chi connectivity index (χ0n) is 14.7. The molecular formula is C18H19N3O3S2. The zero-order valence-corrected chi connectivity index (χ0v) is 16.3. The number of fused-ring (bicyclic) bond motifs is 1.